The molecule has 12 nitrogen and oxygen atoms in total. The fourth-order valence-corrected chi connectivity index (χ4v) is 5.55. The summed E-state index contributed by atoms with van der Waals surface area (Å²) < 4.78 is 48.2. The van der Waals surface area contributed by atoms with E-state index in [0.29, 0.717) is 22.7 Å². The summed E-state index contributed by atoms with van der Waals surface area (Å²) in [5.41, 5.74) is 3.22. The summed E-state index contributed by atoms with van der Waals surface area (Å²) in [5, 5.41) is 19.1. The topological polar surface area (TPSA) is 181 Å². The lowest BCUT2D eigenvalue weighted by molar-refractivity contribution is 0.586. The summed E-state index contributed by atoms with van der Waals surface area (Å²) in [6, 6.07) is 3.47. The second-order valence-corrected chi connectivity index (χ2v) is 11.3. The number of thioether (sulfide) groups is 1. The highest BCUT2D eigenvalue weighted by atomic mass is 35.5. The quantitative estimate of drug-likeness (QED) is 0.362. The normalized spacial score (nSPS) is 11.9. The predicted molar refractivity (Wildman–Crippen MR) is 131 cm³/mol. The number of hydrogen-bond donors (Lipinski definition) is 2. The first-order chi connectivity index (χ1) is 15.1. The van der Waals surface area contributed by atoms with Gasteiger partial charge in [-0.15, -0.1) is 11.8 Å². The largest absolute Gasteiger partial charge is 0.257 e. The lowest BCUT2D eigenvalue weighted by Crippen LogP contribution is -2.17. The molecule has 16 heteroatoms. The van der Waals surface area contributed by atoms with Crippen molar-refractivity contribution in [2.45, 2.75) is 50.2 Å². The molecule has 0 saturated heterocycles. The van der Waals surface area contributed by atoms with Gasteiger partial charge in [0.2, 0.25) is 0 Å². The van der Waals surface area contributed by atoms with Gasteiger partial charge >= 0.3 is 0 Å². The maximum atomic E-state index is 11.5. The molecule has 0 fully saturated rings. The maximum absolute atomic E-state index is 11.5. The zero-order valence-corrected chi connectivity index (χ0v) is 21.4. The summed E-state index contributed by atoms with van der Waals surface area (Å²) in [6.07, 6.45) is 1.87. The van der Waals surface area contributed by atoms with Crippen molar-refractivity contribution in [3.8, 4) is 0 Å². The average Bonchev–Trinajstić information content (AvgIpc) is 3.18. The molecule has 0 amide bonds. The Hall–Kier alpha value is -2.30. The molecule has 0 atom stereocenters. The van der Waals surface area contributed by atoms with Crippen molar-refractivity contribution in [1.82, 2.24) is 29.2 Å². The Labute approximate surface area is 206 Å². The van der Waals surface area contributed by atoms with Crippen LogP contribution < -0.4 is 10.3 Å². The number of rotatable bonds is 3. The second kappa shape index (κ2) is 9.75. The molecule has 0 aliphatic rings. The van der Waals surface area contributed by atoms with Crippen LogP contribution in [-0.2, 0) is 20.0 Å². The lowest BCUT2D eigenvalue weighted by atomic mass is 10.3. The Morgan fingerprint density at radius 2 is 1.24 bits per heavy atom. The van der Waals surface area contributed by atoms with Crippen LogP contribution in [0.1, 0.15) is 29.9 Å². The Morgan fingerprint density at radius 1 is 0.824 bits per heavy atom. The van der Waals surface area contributed by atoms with Crippen LogP contribution in [0.4, 0.5) is 0 Å². The third-order valence-electron chi connectivity index (χ3n) is 4.48. The van der Waals surface area contributed by atoms with E-state index in [2.05, 4.69) is 20.2 Å². The van der Waals surface area contributed by atoms with Crippen molar-refractivity contribution in [2.75, 3.05) is 6.26 Å². The van der Waals surface area contributed by atoms with E-state index in [0.717, 1.165) is 20.7 Å². The number of aryl methyl sites for hydroxylation is 4. The molecule has 0 aliphatic carbocycles. The van der Waals surface area contributed by atoms with E-state index >= 15 is 0 Å². The van der Waals surface area contributed by atoms with Crippen molar-refractivity contribution in [3.05, 3.63) is 39.8 Å². The zero-order valence-electron chi connectivity index (χ0n) is 18.2. The van der Waals surface area contributed by atoms with E-state index < -0.39 is 20.0 Å². The standard InChI is InChI=1S/C9H12N4O2S2.C8H9ClN4O2S.CH4/c1-5-4-7(16-3)12-13-8(5)11-6(2)9(13)17(10,14)15;1-4-3-6(9)12-13-7(4)11-5(2)8(13)16(10,14)15;/h4H,1-3H3,(H2,10,14,15);3H,1-2H3,(H2,10,14,15);1H4. The molecular formula is C18H25ClN8O4S3. The third-order valence-corrected chi connectivity index (χ3v) is 7.29. The van der Waals surface area contributed by atoms with Crippen molar-refractivity contribution in [1.29, 1.82) is 0 Å². The van der Waals surface area contributed by atoms with Crippen LogP contribution in [0.5, 0.6) is 0 Å². The van der Waals surface area contributed by atoms with Gasteiger partial charge in [0.15, 0.2) is 21.3 Å². The summed E-state index contributed by atoms with van der Waals surface area (Å²) in [4.78, 5) is 8.29. The van der Waals surface area contributed by atoms with E-state index in [9.17, 15) is 16.8 Å². The minimum absolute atomic E-state index is 0. The highest BCUT2D eigenvalue weighted by molar-refractivity contribution is 7.98. The molecule has 4 N–H and O–H groups in total. The van der Waals surface area contributed by atoms with Crippen molar-refractivity contribution in [2.24, 2.45) is 10.3 Å². The molecular weight excluding hydrogens is 524 g/mol. The number of imidazole rings is 2. The SMILES string of the molecule is C.CSc1cc(C)c2nc(C)c(S(N)(=O)=O)n2n1.Cc1nc2c(C)cc(Cl)nn2c1S(N)(=O)=O. The van der Waals surface area contributed by atoms with Crippen molar-refractivity contribution >= 4 is 54.7 Å². The van der Waals surface area contributed by atoms with Gasteiger partial charge < -0.3 is 0 Å². The Kier molecular flexibility index (Phi) is 8.01. The number of nitrogens with two attached hydrogens (primary N) is 2. The number of nitrogens with zero attached hydrogens (tertiary/aromatic N) is 6. The third kappa shape index (κ3) is 5.34. The Balaban J connectivity index is 0.000000234. The number of fused-ring (bicyclic) bond motifs is 2. The number of halogens is 1. The zero-order chi connectivity index (χ0) is 24.9. The van der Waals surface area contributed by atoms with Gasteiger partial charge in [0.05, 0.1) is 11.4 Å². The monoisotopic (exact) mass is 548 g/mol. The molecule has 186 valence electrons. The molecule has 4 rings (SSSR count). The molecule has 0 bridgehead atoms. The smallest absolute Gasteiger partial charge is 0.231 e. The van der Waals surface area contributed by atoms with Gasteiger partial charge in [-0.3, -0.25) is 0 Å². The molecule has 0 radical (unpaired) electrons. The van der Waals surface area contributed by atoms with Gasteiger partial charge in [-0.2, -0.15) is 19.2 Å². The van der Waals surface area contributed by atoms with Gasteiger partial charge in [0.1, 0.15) is 10.2 Å². The molecule has 0 aliphatic heterocycles. The Morgan fingerprint density at radius 3 is 1.65 bits per heavy atom. The van der Waals surface area contributed by atoms with E-state index in [4.69, 9.17) is 21.9 Å². The number of sulfonamides is 2. The maximum Gasteiger partial charge on any atom is 0.257 e. The first kappa shape index (κ1) is 27.9. The number of aromatic nitrogens is 6. The van der Waals surface area contributed by atoms with Gasteiger partial charge in [-0.1, -0.05) is 19.0 Å². The number of primary sulfonamides is 2. The van der Waals surface area contributed by atoms with Gasteiger partial charge in [0, 0.05) is 0 Å². The first-order valence-electron chi connectivity index (χ1n) is 9.14. The summed E-state index contributed by atoms with van der Waals surface area (Å²) >= 11 is 7.19. The molecule has 4 aromatic heterocycles. The van der Waals surface area contributed by atoms with E-state index in [-0.39, 0.29) is 22.6 Å². The summed E-state index contributed by atoms with van der Waals surface area (Å²) in [6.45, 7) is 6.78. The van der Waals surface area contributed by atoms with Crippen LogP contribution in [-0.4, -0.2) is 52.3 Å². The molecule has 34 heavy (non-hydrogen) atoms. The summed E-state index contributed by atoms with van der Waals surface area (Å²) in [5.74, 6) is 0. The highest BCUT2D eigenvalue weighted by Crippen LogP contribution is 2.22. The first-order valence-corrected chi connectivity index (χ1v) is 13.8. The minimum atomic E-state index is -3.87. The fraction of sp³-hybridized carbons (Fsp3) is 0.333. The van der Waals surface area contributed by atoms with Crippen LogP contribution in [0.3, 0.4) is 0 Å². The predicted octanol–water partition coefficient (Wildman–Crippen LogP) is 2.00. The van der Waals surface area contributed by atoms with Crippen LogP contribution >= 0.6 is 23.4 Å². The van der Waals surface area contributed by atoms with Gasteiger partial charge in [-0.25, -0.2) is 37.1 Å². The van der Waals surface area contributed by atoms with Crippen LogP contribution in [0.15, 0.2) is 27.2 Å². The Bertz CT molecular complexity index is 1610. The second-order valence-electron chi connectivity index (χ2n) is 7.09. The van der Waals surface area contributed by atoms with E-state index in [1.807, 2.05) is 19.2 Å². The van der Waals surface area contributed by atoms with Crippen molar-refractivity contribution in [3.63, 3.8) is 0 Å². The highest BCUT2D eigenvalue weighted by Gasteiger charge is 2.22. The van der Waals surface area contributed by atoms with E-state index in [1.54, 1.807) is 26.8 Å². The molecule has 0 unspecified atom stereocenters. The van der Waals surface area contributed by atoms with Crippen LogP contribution in [0.2, 0.25) is 5.15 Å². The van der Waals surface area contributed by atoms with Crippen LogP contribution in [0, 0.1) is 27.7 Å². The number of hydrogen-bond acceptors (Lipinski definition) is 9. The van der Waals surface area contributed by atoms with Crippen LogP contribution in [0.25, 0.3) is 11.3 Å². The summed E-state index contributed by atoms with van der Waals surface area (Å²) in [7, 11) is -7.70. The molecule has 0 spiro atoms. The van der Waals surface area contributed by atoms with Gasteiger partial charge in [-0.05, 0) is 57.2 Å². The fourth-order valence-electron chi connectivity index (χ4n) is 3.20. The molecule has 0 saturated carbocycles. The van der Waals surface area contributed by atoms with Gasteiger partial charge in [0.25, 0.3) is 20.0 Å². The van der Waals surface area contributed by atoms with Crippen molar-refractivity contribution < 1.29 is 16.8 Å². The average molecular weight is 549 g/mol. The van der Waals surface area contributed by atoms with E-state index in [1.165, 1.54) is 16.3 Å². The molecule has 4 aromatic rings. The molecule has 0 aromatic carbocycles. The molecule has 4 heterocycles. The minimum Gasteiger partial charge on any atom is -0.231 e. The lowest BCUT2D eigenvalue weighted by Gasteiger charge is -2.03.